The first-order valence-corrected chi connectivity index (χ1v) is 7.37. The molecule has 0 spiro atoms. The highest BCUT2D eigenvalue weighted by atomic mass is 79.9. The van der Waals surface area contributed by atoms with Gasteiger partial charge in [-0.1, -0.05) is 22.4 Å². The first-order chi connectivity index (χ1) is 7.24. The van der Waals surface area contributed by atoms with Crippen LogP contribution < -0.4 is 5.32 Å². The summed E-state index contributed by atoms with van der Waals surface area (Å²) in [7, 11) is 0. The quantitative estimate of drug-likeness (QED) is 0.615. The zero-order valence-corrected chi connectivity index (χ0v) is 11.9. The molecule has 86 valence electrons. The lowest BCUT2D eigenvalue weighted by atomic mass is 10.2. The molecule has 0 saturated heterocycles. The number of aromatic nitrogens is 1. The van der Waals surface area contributed by atoms with Gasteiger partial charge in [0.1, 0.15) is 5.01 Å². The molecular weight excluding hydrogens is 272 g/mol. The molecule has 0 amide bonds. The van der Waals surface area contributed by atoms with Crippen LogP contribution in [-0.4, -0.2) is 16.9 Å². The van der Waals surface area contributed by atoms with E-state index in [-0.39, 0.29) is 0 Å². The normalized spacial score (nSPS) is 10.9. The van der Waals surface area contributed by atoms with Gasteiger partial charge < -0.3 is 5.32 Å². The highest BCUT2D eigenvalue weighted by molar-refractivity contribution is 9.09. The van der Waals surface area contributed by atoms with Gasteiger partial charge in [0.25, 0.3) is 0 Å². The fourth-order valence-electron chi connectivity index (χ4n) is 1.33. The summed E-state index contributed by atoms with van der Waals surface area (Å²) in [6, 6.07) is 0. The highest BCUT2D eigenvalue weighted by Crippen LogP contribution is 2.15. The molecule has 0 aliphatic carbocycles. The van der Waals surface area contributed by atoms with Crippen LogP contribution in [0.2, 0.25) is 0 Å². The van der Waals surface area contributed by atoms with Gasteiger partial charge >= 0.3 is 0 Å². The van der Waals surface area contributed by atoms with Crippen molar-refractivity contribution in [1.29, 1.82) is 0 Å². The third-order valence-corrected chi connectivity index (χ3v) is 3.97. The Bertz CT molecular complexity index is 267. The van der Waals surface area contributed by atoms with Crippen LogP contribution in [0.3, 0.4) is 0 Å². The van der Waals surface area contributed by atoms with Crippen LogP contribution in [0.25, 0.3) is 0 Å². The second-order valence-electron chi connectivity index (χ2n) is 3.68. The molecule has 1 aromatic rings. The van der Waals surface area contributed by atoms with Gasteiger partial charge in [0, 0.05) is 16.8 Å². The minimum atomic E-state index is 0.924. The maximum absolute atomic E-state index is 4.49. The molecule has 0 unspecified atom stereocenters. The molecule has 0 aliphatic rings. The number of rotatable bonds is 7. The largest absolute Gasteiger partial charge is 0.310 e. The number of hydrogen-bond donors (Lipinski definition) is 1. The van der Waals surface area contributed by atoms with Crippen molar-refractivity contribution in [2.75, 3.05) is 11.9 Å². The Morgan fingerprint density at radius 1 is 1.27 bits per heavy atom. The SMILES string of the molecule is Cc1nc(CNCCCCCBr)sc1C. The minimum absolute atomic E-state index is 0.924. The Hall–Kier alpha value is 0.0700. The fourth-order valence-corrected chi connectivity index (χ4v) is 2.63. The van der Waals surface area contributed by atoms with Gasteiger partial charge in [-0.3, -0.25) is 0 Å². The minimum Gasteiger partial charge on any atom is -0.310 e. The second-order valence-corrected chi connectivity index (χ2v) is 5.76. The number of aryl methyl sites for hydroxylation is 2. The molecule has 1 aromatic heterocycles. The van der Waals surface area contributed by atoms with Gasteiger partial charge in [-0.25, -0.2) is 4.98 Å². The Morgan fingerprint density at radius 2 is 2.07 bits per heavy atom. The molecule has 4 heteroatoms. The fraction of sp³-hybridized carbons (Fsp3) is 0.727. The van der Waals surface area contributed by atoms with Gasteiger partial charge in [0.2, 0.25) is 0 Å². The summed E-state index contributed by atoms with van der Waals surface area (Å²) in [5.41, 5.74) is 1.18. The number of unbranched alkanes of at least 4 members (excludes halogenated alkanes) is 2. The van der Waals surface area contributed by atoms with Gasteiger partial charge in [0.15, 0.2) is 0 Å². The summed E-state index contributed by atoms with van der Waals surface area (Å²) in [5.74, 6) is 0. The topological polar surface area (TPSA) is 24.9 Å². The molecule has 1 rings (SSSR count). The smallest absolute Gasteiger partial charge is 0.107 e. The summed E-state index contributed by atoms with van der Waals surface area (Å²) in [5, 5.41) is 5.77. The van der Waals surface area contributed by atoms with Crippen LogP contribution in [-0.2, 0) is 6.54 Å². The van der Waals surface area contributed by atoms with Crippen LogP contribution in [0.5, 0.6) is 0 Å². The van der Waals surface area contributed by atoms with E-state index in [1.807, 2.05) is 0 Å². The summed E-state index contributed by atoms with van der Waals surface area (Å²) in [6.45, 7) is 6.23. The lowest BCUT2D eigenvalue weighted by Crippen LogP contribution is -2.14. The van der Waals surface area contributed by atoms with Gasteiger partial charge in [-0.05, 0) is 33.2 Å². The van der Waals surface area contributed by atoms with Crippen LogP contribution in [0.4, 0.5) is 0 Å². The van der Waals surface area contributed by atoms with E-state index in [1.54, 1.807) is 11.3 Å². The standard InChI is InChI=1S/C11H19BrN2S/c1-9-10(2)15-11(14-9)8-13-7-5-3-4-6-12/h13H,3-8H2,1-2H3. The zero-order valence-electron chi connectivity index (χ0n) is 9.48. The predicted molar refractivity (Wildman–Crippen MR) is 70.9 cm³/mol. The van der Waals surface area contributed by atoms with Crippen LogP contribution in [0, 0.1) is 13.8 Å². The first-order valence-electron chi connectivity index (χ1n) is 5.43. The molecule has 0 aliphatic heterocycles. The summed E-state index contributed by atoms with van der Waals surface area (Å²) >= 11 is 5.24. The van der Waals surface area contributed by atoms with Gasteiger partial charge in [-0.15, -0.1) is 11.3 Å². The molecule has 0 fully saturated rings. The van der Waals surface area contributed by atoms with E-state index >= 15 is 0 Å². The Kier molecular flexibility index (Phi) is 6.45. The Balaban J connectivity index is 2.10. The average Bonchev–Trinajstić information content (AvgIpc) is 2.52. The van der Waals surface area contributed by atoms with Crippen molar-refractivity contribution < 1.29 is 0 Å². The average molecular weight is 291 g/mol. The van der Waals surface area contributed by atoms with Crippen molar-refractivity contribution in [3.05, 3.63) is 15.6 Å². The molecule has 2 nitrogen and oxygen atoms in total. The molecular formula is C11H19BrN2S. The number of alkyl halides is 1. The first kappa shape index (κ1) is 13.1. The van der Waals surface area contributed by atoms with Crippen molar-refractivity contribution in [3.63, 3.8) is 0 Å². The molecule has 1 heterocycles. The predicted octanol–water partition coefficient (Wildman–Crippen LogP) is 3.41. The van der Waals surface area contributed by atoms with E-state index in [0.717, 1.165) is 18.4 Å². The summed E-state index contributed by atoms with van der Waals surface area (Å²) < 4.78 is 0. The second kappa shape index (κ2) is 7.36. The van der Waals surface area contributed by atoms with E-state index in [4.69, 9.17) is 0 Å². The van der Waals surface area contributed by atoms with Crippen molar-refractivity contribution >= 4 is 27.3 Å². The number of hydrogen-bond acceptors (Lipinski definition) is 3. The van der Waals surface area contributed by atoms with Crippen LogP contribution in [0.1, 0.15) is 34.8 Å². The van der Waals surface area contributed by atoms with E-state index in [1.165, 1.54) is 34.8 Å². The van der Waals surface area contributed by atoms with Gasteiger partial charge in [-0.2, -0.15) is 0 Å². The van der Waals surface area contributed by atoms with Crippen molar-refractivity contribution in [2.24, 2.45) is 0 Å². The van der Waals surface area contributed by atoms with E-state index < -0.39 is 0 Å². The maximum atomic E-state index is 4.49. The highest BCUT2D eigenvalue weighted by Gasteiger charge is 2.02. The van der Waals surface area contributed by atoms with E-state index in [0.29, 0.717) is 0 Å². The summed E-state index contributed by atoms with van der Waals surface area (Å²) in [4.78, 5) is 5.83. The van der Waals surface area contributed by atoms with Crippen molar-refractivity contribution in [3.8, 4) is 0 Å². The third kappa shape index (κ3) is 5.09. The monoisotopic (exact) mass is 290 g/mol. The molecule has 1 N–H and O–H groups in total. The Morgan fingerprint density at radius 3 is 2.67 bits per heavy atom. The number of nitrogens with one attached hydrogen (secondary N) is 1. The molecule has 0 aromatic carbocycles. The molecule has 0 atom stereocenters. The number of nitrogens with zero attached hydrogens (tertiary/aromatic N) is 1. The van der Waals surface area contributed by atoms with Crippen molar-refractivity contribution in [1.82, 2.24) is 10.3 Å². The van der Waals surface area contributed by atoms with Crippen LogP contribution >= 0.6 is 27.3 Å². The number of thiazole rings is 1. The summed E-state index contributed by atoms with van der Waals surface area (Å²) in [6.07, 6.45) is 3.83. The molecule has 15 heavy (non-hydrogen) atoms. The van der Waals surface area contributed by atoms with Crippen molar-refractivity contribution in [2.45, 2.75) is 39.7 Å². The zero-order chi connectivity index (χ0) is 11.1. The van der Waals surface area contributed by atoms with E-state index in [2.05, 4.69) is 40.1 Å². The molecule has 0 bridgehead atoms. The lowest BCUT2D eigenvalue weighted by Gasteiger charge is -2.01. The third-order valence-electron chi connectivity index (χ3n) is 2.34. The Labute approximate surface area is 105 Å². The maximum Gasteiger partial charge on any atom is 0.107 e. The number of halogens is 1. The van der Waals surface area contributed by atoms with Crippen LogP contribution in [0.15, 0.2) is 0 Å². The molecule has 0 saturated carbocycles. The lowest BCUT2D eigenvalue weighted by molar-refractivity contribution is 0.617. The molecule has 0 radical (unpaired) electrons. The van der Waals surface area contributed by atoms with E-state index in [9.17, 15) is 0 Å². The van der Waals surface area contributed by atoms with Gasteiger partial charge in [0.05, 0.1) is 5.69 Å².